The van der Waals surface area contributed by atoms with Crippen LogP contribution in [-0.4, -0.2) is 24.0 Å². The van der Waals surface area contributed by atoms with E-state index >= 15 is 0 Å². The zero-order chi connectivity index (χ0) is 8.01. The summed E-state index contributed by atoms with van der Waals surface area (Å²) in [6.07, 6.45) is 4.12. The fourth-order valence-electron chi connectivity index (χ4n) is 2.58. The lowest BCUT2D eigenvalue weighted by molar-refractivity contribution is 0.244. The highest BCUT2D eigenvalue weighted by atomic mass is 15.2. The number of nitrogens with zero attached hydrogens (tertiary/aromatic N) is 1. The Morgan fingerprint density at radius 3 is 2.73 bits per heavy atom. The third-order valence-corrected chi connectivity index (χ3v) is 3.56. The summed E-state index contributed by atoms with van der Waals surface area (Å²) < 4.78 is 0. The second kappa shape index (κ2) is 2.34. The van der Waals surface area contributed by atoms with Gasteiger partial charge in [0.25, 0.3) is 0 Å². The van der Waals surface area contributed by atoms with Crippen LogP contribution >= 0.6 is 0 Å². The SMILES string of the molecule is CC1=C(C)[C@@H]2CC[C@H](C1)N2C. The fourth-order valence-corrected chi connectivity index (χ4v) is 2.58. The molecule has 0 aromatic heterocycles. The minimum Gasteiger partial charge on any atom is -0.296 e. The molecule has 2 atom stereocenters. The monoisotopic (exact) mass is 151 g/mol. The topological polar surface area (TPSA) is 3.24 Å². The van der Waals surface area contributed by atoms with Gasteiger partial charge in [-0.05, 0) is 40.2 Å². The molecular weight excluding hydrogens is 134 g/mol. The van der Waals surface area contributed by atoms with Gasteiger partial charge in [0.1, 0.15) is 0 Å². The van der Waals surface area contributed by atoms with Crippen LogP contribution in [0.5, 0.6) is 0 Å². The second-order valence-electron chi connectivity index (χ2n) is 4.08. The predicted molar refractivity (Wildman–Crippen MR) is 47.6 cm³/mol. The van der Waals surface area contributed by atoms with Crippen LogP contribution < -0.4 is 0 Å². The van der Waals surface area contributed by atoms with Gasteiger partial charge in [-0.25, -0.2) is 0 Å². The average Bonchev–Trinajstić information content (AvgIpc) is 2.23. The normalized spacial score (nSPS) is 38.5. The molecule has 2 aliphatic heterocycles. The summed E-state index contributed by atoms with van der Waals surface area (Å²) >= 11 is 0. The van der Waals surface area contributed by atoms with Gasteiger partial charge in [-0.3, -0.25) is 4.90 Å². The van der Waals surface area contributed by atoms with Crippen molar-refractivity contribution in [2.75, 3.05) is 7.05 Å². The van der Waals surface area contributed by atoms with Crippen molar-refractivity contribution in [3.05, 3.63) is 11.1 Å². The van der Waals surface area contributed by atoms with Gasteiger partial charge in [-0.1, -0.05) is 11.1 Å². The lowest BCUT2D eigenvalue weighted by atomic mass is 9.96. The minimum atomic E-state index is 0.786. The van der Waals surface area contributed by atoms with Crippen molar-refractivity contribution in [2.45, 2.75) is 45.2 Å². The maximum Gasteiger partial charge on any atom is 0.0307 e. The van der Waals surface area contributed by atoms with Gasteiger partial charge in [0.15, 0.2) is 0 Å². The Balaban J connectivity index is 2.32. The molecule has 0 aromatic rings. The van der Waals surface area contributed by atoms with Crippen molar-refractivity contribution in [3.63, 3.8) is 0 Å². The van der Waals surface area contributed by atoms with Gasteiger partial charge >= 0.3 is 0 Å². The van der Waals surface area contributed by atoms with Crippen molar-refractivity contribution < 1.29 is 0 Å². The van der Waals surface area contributed by atoms with E-state index < -0.39 is 0 Å². The van der Waals surface area contributed by atoms with E-state index in [9.17, 15) is 0 Å². The van der Waals surface area contributed by atoms with Crippen LogP contribution in [0.4, 0.5) is 0 Å². The summed E-state index contributed by atoms with van der Waals surface area (Å²) in [6.45, 7) is 4.60. The van der Waals surface area contributed by atoms with Crippen LogP contribution in [0.2, 0.25) is 0 Å². The highest BCUT2D eigenvalue weighted by Crippen LogP contribution is 2.37. The molecule has 1 saturated heterocycles. The van der Waals surface area contributed by atoms with Crippen LogP contribution in [-0.2, 0) is 0 Å². The Morgan fingerprint density at radius 1 is 1.27 bits per heavy atom. The standard InChI is InChI=1S/C10H17N/c1-7-6-9-4-5-10(8(7)2)11(9)3/h9-10H,4-6H2,1-3H3/t9-,10+/m1/s1. The molecule has 0 N–H and O–H groups in total. The van der Waals surface area contributed by atoms with E-state index in [0.29, 0.717) is 0 Å². The molecule has 0 saturated carbocycles. The molecule has 1 fully saturated rings. The number of hydrogen-bond acceptors (Lipinski definition) is 1. The maximum atomic E-state index is 2.56. The van der Waals surface area contributed by atoms with Crippen molar-refractivity contribution in [1.29, 1.82) is 0 Å². The van der Waals surface area contributed by atoms with Gasteiger partial charge in [-0.2, -0.15) is 0 Å². The van der Waals surface area contributed by atoms with Crippen LogP contribution in [0.25, 0.3) is 0 Å². The Bertz CT molecular complexity index is 205. The van der Waals surface area contributed by atoms with E-state index in [0.717, 1.165) is 12.1 Å². The van der Waals surface area contributed by atoms with Gasteiger partial charge in [0.05, 0.1) is 0 Å². The molecule has 0 unspecified atom stereocenters. The fraction of sp³-hybridized carbons (Fsp3) is 0.800. The third kappa shape index (κ3) is 0.943. The largest absolute Gasteiger partial charge is 0.296 e. The minimum absolute atomic E-state index is 0.786. The van der Waals surface area contributed by atoms with Gasteiger partial charge in [-0.15, -0.1) is 0 Å². The number of hydrogen-bond donors (Lipinski definition) is 0. The summed E-state index contributed by atoms with van der Waals surface area (Å²) in [5.74, 6) is 0. The van der Waals surface area contributed by atoms with E-state index in [1.54, 1.807) is 11.1 Å². The van der Waals surface area contributed by atoms with Crippen LogP contribution in [0.3, 0.4) is 0 Å². The molecule has 2 bridgehead atoms. The van der Waals surface area contributed by atoms with Crippen LogP contribution in [0, 0.1) is 0 Å². The summed E-state index contributed by atoms with van der Waals surface area (Å²) in [7, 11) is 2.28. The van der Waals surface area contributed by atoms with Crippen molar-refractivity contribution in [1.82, 2.24) is 4.90 Å². The highest BCUT2D eigenvalue weighted by molar-refractivity contribution is 5.24. The lowest BCUT2D eigenvalue weighted by Gasteiger charge is -2.32. The maximum absolute atomic E-state index is 2.56. The number of rotatable bonds is 0. The summed E-state index contributed by atoms with van der Waals surface area (Å²) in [6, 6.07) is 1.65. The first-order valence-electron chi connectivity index (χ1n) is 4.58. The van der Waals surface area contributed by atoms with Crippen LogP contribution in [0.15, 0.2) is 11.1 Å². The molecular formula is C10H17N. The van der Waals surface area contributed by atoms with E-state index in [1.807, 2.05) is 0 Å². The summed E-state index contributed by atoms with van der Waals surface area (Å²) in [5, 5.41) is 0. The van der Waals surface area contributed by atoms with Crippen molar-refractivity contribution in [3.8, 4) is 0 Å². The number of likely N-dealkylation sites (N-methyl/N-ethyl adjacent to an activating group) is 1. The van der Waals surface area contributed by atoms with Crippen molar-refractivity contribution in [2.24, 2.45) is 0 Å². The molecule has 62 valence electrons. The smallest absolute Gasteiger partial charge is 0.0307 e. The molecule has 2 aliphatic rings. The molecule has 0 aliphatic carbocycles. The molecule has 0 amide bonds. The highest BCUT2D eigenvalue weighted by Gasteiger charge is 2.35. The molecule has 1 heteroatoms. The van der Waals surface area contributed by atoms with Gasteiger partial charge in [0, 0.05) is 12.1 Å². The zero-order valence-corrected chi connectivity index (χ0v) is 7.72. The lowest BCUT2D eigenvalue weighted by Crippen LogP contribution is -2.37. The summed E-state index contributed by atoms with van der Waals surface area (Å²) in [5.41, 5.74) is 3.29. The van der Waals surface area contributed by atoms with E-state index in [-0.39, 0.29) is 0 Å². The Kier molecular flexibility index (Phi) is 1.57. The molecule has 0 aromatic carbocycles. The first kappa shape index (κ1) is 7.35. The van der Waals surface area contributed by atoms with E-state index in [4.69, 9.17) is 0 Å². The van der Waals surface area contributed by atoms with Crippen molar-refractivity contribution >= 4 is 0 Å². The molecule has 2 rings (SSSR count). The first-order chi connectivity index (χ1) is 5.20. The molecule has 11 heavy (non-hydrogen) atoms. The average molecular weight is 151 g/mol. The van der Waals surface area contributed by atoms with E-state index in [2.05, 4.69) is 25.8 Å². The molecule has 1 nitrogen and oxygen atoms in total. The first-order valence-corrected chi connectivity index (χ1v) is 4.58. The molecule has 0 radical (unpaired) electrons. The predicted octanol–water partition coefficient (Wildman–Crippen LogP) is 2.19. The Hall–Kier alpha value is -0.300. The third-order valence-electron chi connectivity index (χ3n) is 3.56. The zero-order valence-electron chi connectivity index (χ0n) is 7.72. The summed E-state index contributed by atoms with van der Waals surface area (Å²) in [4.78, 5) is 2.56. The van der Waals surface area contributed by atoms with Gasteiger partial charge in [0.2, 0.25) is 0 Å². The Morgan fingerprint density at radius 2 is 2.00 bits per heavy atom. The number of fused-ring (bicyclic) bond motifs is 2. The molecule has 2 heterocycles. The van der Waals surface area contributed by atoms with Gasteiger partial charge < -0.3 is 0 Å². The quantitative estimate of drug-likeness (QED) is 0.480. The van der Waals surface area contributed by atoms with Crippen LogP contribution in [0.1, 0.15) is 33.1 Å². The molecule has 0 spiro atoms. The van der Waals surface area contributed by atoms with E-state index in [1.165, 1.54) is 19.3 Å². The Labute approximate surface area is 69.1 Å². The second-order valence-corrected chi connectivity index (χ2v) is 4.08.